The van der Waals surface area contributed by atoms with Crippen molar-refractivity contribution in [1.29, 1.82) is 0 Å². The zero-order valence-corrected chi connectivity index (χ0v) is 10.7. The van der Waals surface area contributed by atoms with Crippen molar-refractivity contribution in [3.05, 3.63) is 59.7 Å². The molecule has 0 spiro atoms. The number of halogens is 1. The second-order valence-electron chi connectivity index (χ2n) is 4.35. The highest BCUT2D eigenvalue weighted by atomic mass is 19.1. The Morgan fingerprint density at radius 2 is 1.95 bits per heavy atom. The highest BCUT2D eigenvalue weighted by molar-refractivity contribution is 5.46. The third kappa shape index (κ3) is 4.34. The number of pyridine rings is 1. The quantitative estimate of drug-likeness (QED) is 0.641. The fourth-order valence-electron chi connectivity index (χ4n) is 1.81. The lowest BCUT2D eigenvalue weighted by molar-refractivity contribution is 0.119. The van der Waals surface area contributed by atoms with E-state index in [1.807, 2.05) is 12.1 Å². The molecule has 0 saturated carbocycles. The summed E-state index contributed by atoms with van der Waals surface area (Å²) in [5, 5.41) is 0. The van der Waals surface area contributed by atoms with Crippen LogP contribution in [0.3, 0.4) is 0 Å². The van der Waals surface area contributed by atoms with Crippen molar-refractivity contribution in [3.63, 3.8) is 0 Å². The van der Waals surface area contributed by atoms with Crippen LogP contribution in [-0.2, 0) is 17.8 Å². The lowest BCUT2D eigenvalue weighted by atomic mass is 10.1. The third-order valence-electron chi connectivity index (χ3n) is 2.87. The normalized spacial score (nSPS) is 10.6. The van der Waals surface area contributed by atoms with Crippen molar-refractivity contribution < 1.29 is 9.13 Å². The van der Waals surface area contributed by atoms with Crippen LogP contribution in [0.15, 0.2) is 42.7 Å². The Bertz CT molecular complexity index is 517. The Kier molecular flexibility index (Phi) is 4.86. The molecular weight excluding hydrogens is 243 g/mol. The molecule has 0 aliphatic heterocycles. The summed E-state index contributed by atoms with van der Waals surface area (Å²) in [4.78, 5) is 3.97. The molecule has 2 N–H and O–H groups in total. The molecule has 0 aliphatic carbocycles. The van der Waals surface area contributed by atoms with E-state index in [9.17, 15) is 4.39 Å². The van der Waals surface area contributed by atoms with Gasteiger partial charge in [0.15, 0.2) is 0 Å². The summed E-state index contributed by atoms with van der Waals surface area (Å²) in [7, 11) is 0. The predicted molar refractivity (Wildman–Crippen MR) is 73.0 cm³/mol. The molecule has 0 radical (unpaired) electrons. The molecule has 1 heterocycles. The van der Waals surface area contributed by atoms with Crippen molar-refractivity contribution in [2.75, 3.05) is 12.3 Å². The highest BCUT2D eigenvalue weighted by Gasteiger charge is 2.01. The van der Waals surface area contributed by atoms with Gasteiger partial charge in [0.05, 0.1) is 6.61 Å². The van der Waals surface area contributed by atoms with Crippen molar-refractivity contribution in [2.24, 2.45) is 0 Å². The van der Waals surface area contributed by atoms with Gasteiger partial charge in [0.1, 0.15) is 5.82 Å². The number of hydrogen-bond acceptors (Lipinski definition) is 3. The maximum absolute atomic E-state index is 12.9. The molecule has 0 aliphatic rings. The number of benzene rings is 1. The predicted octanol–water partition coefficient (Wildman–Crippen LogP) is 2.95. The molecule has 0 atom stereocenters. The number of anilines is 1. The lowest BCUT2D eigenvalue weighted by Gasteiger charge is -2.07. The van der Waals surface area contributed by atoms with Crippen LogP contribution in [0.2, 0.25) is 0 Å². The van der Waals surface area contributed by atoms with E-state index in [0.29, 0.717) is 18.9 Å². The molecule has 4 heteroatoms. The standard InChI is InChI=1S/C15H17FN2O/c16-14-4-3-13(15(17)10-14)11-19-9-1-2-12-5-7-18-8-6-12/h3-8,10H,1-2,9,11,17H2. The van der Waals surface area contributed by atoms with Crippen LogP contribution in [0.4, 0.5) is 10.1 Å². The molecule has 2 aromatic rings. The number of hydrogen-bond donors (Lipinski definition) is 1. The fourth-order valence-corrected chi connectivity index (χ4v) is 1.81. The van der Waals surface area contributed by atoms with Crippen molar-refractivity contribution in [2.45, 2.75) is 19.4 Å². The topological polar surface area (TPSA) is 48.1 Å². The van der Waals surface area contributed by atoms with Crippen molar-refractivity contribution in [1.82, 2.24) is 4.98 Å². The molecule has 3 nitrogen and oxygen atoms in total. The van der Waals surface area contributed by atoms with Gasteiger partial charge in [-0.05, 0) is 42.7 Å². The summed E-state index contributed by atoms with van der Waals surface area (Å²) >= 11 is 0. The summed E-state index contributed by atoms with van der Waals surface area (Å²) in [5.41, 5.74) is 8.21. The molecular formula is C15H17FN2O. The van der Waals surface area contributed by atoms with E-state index in [1.165, 1.54) is 17.7 Å². The first kappa shape index (κ1) is 13.5. The Balaban J connectivity index is 1.69. The number of aromatic nitrogens is 1. The molecule has 0 amide bonds. The number of aryl methyl sites for hydroxylation is 1. The fraction of sp³-hybridized carbons (Fsp3) is 0.267. The van der Waals surface area contributed by atoms with Crippen LogP contribution in [0.1, 0.15) is 17.5 Å². The van der Waals surface area contributed by atoms with Crippen LogP contribution in [0.25, 0.3) is 0 Å². The molecule has 0 saturated heterocycles. The van der Waals surface area contributed by atoms with Crippen LogP contribution in [-0.4, -0.2) is 11.6 Å². The van der Waals surface area contributed by atoms with Gasteiger partial charge in [-0.3, -0.25) is 4.98 Å². The second kappa shape index (κ2) is 6.85. The molecule has 19 heavy (non-hydrogen) atoms. The van der Waals surface area contributed by atoms with Gasteiger partial charge >= 0.3 is 0 Å². The Morgan fingerprint density at radius 1 is 1.16 bits per heavy atom. The summed E-state index contributed by atoms with van der Waals surface area (Å²) < 4.78 is 18.4. The zero-order valence-electron chi connectivity index (χ0n) is 10.7. The van der Waals surface area contributed by atoms with Gasteiger partial charge in [-0.2, -0.15) is 0 Å². The molecule has 0 fully saturated rings. The SMILES string of the molecule is Nc1cc(F)ccc1COCCCc1ccncc1. The Hall–Kier alpha value is -1.94. The van der Waals surface area contributed by atoms with E-state index in [-0.39, 0.29) is 5.82 Å². The zero-order chi connectivity index (χ0) is 13.5. The minimum atomic E-state index is -0.320. The molecule has 2 rings (SSSR count). The first-order valence-electron chi connectivity index (χ1n) is 6.26. The maximum atomic E-state index is 12.9. The van der Waals surface area contributed by atoms with Gasteiger partial charge in [0.2, 0.25) is 0 Å². The average molecular weight is 260 g/mol. The van der Waals surface area contributed by atoms with E-state index >= 15 is 0 Å². The monoisotopic (exact) mass is 260 g/mol. The second-order valence-corrected chi connectivity index (χ2v) is 4.35. The van der Waals surface area contributed by atoms with Gasteiger partial charge in [-0.25, -0.2) is 4.39 Å². The Morgan fingerprint density at radius 3 is 2.68 bits per heavy atom. The van der Waals surface area contributed by atoms with Crippen molar-refractivity contribution >= 4 is 5.69 Å². The highest BCUT2D eigenvalue weighted by Crippen LogP contribution is 2.14. The number of nitrogens with zero attached hydrogens (tertiary/aromatic N) is 1. The van der Waals surface area contributed by atoms with E-state index in [1.54, 1.807) is 18.5 Å². The first-order valence-corrected chi connectivity index (χ1v) is 6.26. The summed E-state index contributed by atoms with van der Waals surface area (Å²) in [6.45, 7) is 1.07. The van der Waals surface area contributed by atoms with Crippen LogP contribution < -0.4 is 5.73 Å². The number of rotatable bonds is 6. The van der Waals surface area contributed by atoms with E-state index < -0.39 is 0 Å². The van der Waals surface area contributed by atoms with E-state index in [4.69, 9.17) is 10.5 Å². The molecule has 1 aromatic carbocycles. The van der Waals surface area contributed by atoms with Crippen LogP contribution in [0, 0.1) is 5.82 Å². The number of nitrogen functional groups attached to an aromatic ring is 1. The summed E-state index contributed by atoms with van der Waals surface area (Å²) in [6, 6.07) is 8.37. The number of ether oxygens (including phenoxy) is 1. The largest absolute Gasteiger partial charge is 0.398 e. The Labute approximate surface area is 112 Å². The molecule has 0 unspecified atom stereocenters. The molecule has 1 aromatic heterocycles. The van der Waals surface area contributed by atoms with E-state index in [0.717, 1.165) is 18.4 Å². The molecule has 0 bridgehead atoms. The summed E-state index contributed by atoms with van der Waals surface area (Å²) in [6.07, 6.45) is 5.47. The van der Waals surface area contributed by atoms with Crippen LogP contribution >= 0.6 is 0 Å². The molecule has 100 valence electrons. The maximum Gasteiger partial charge on any atom is 0.125 e. The minimum Gasteiger partial charge on any atom is -0.398 e. The number of nitrogens with two attached hydrogens (primary N) is 1. The van der Waals surface area contributed by atoms with Gasteiger partial charge in [-0.15, -0.1) is 0 Å². The van der Waals surface area contributed by atoms with Crippen molar-refractivity contribution in [3.8, 4) is 0 Å². The summed E-state index contributed by atoms with van der Waals surface area (Å²) in [5.74, 6) is -0.320. The smallest absolute Gasteiger partial charge is 0.125 e. The third-order valence-corrected chi connectivity index (χ3v) is 2.87. The van der Waals surface area contributed by atoms with E-state index in [2.05, 4.69) is 4.98 Å². The minimum absolute atomic E-state index is 0.320. The first-order chi connectivity index (χ1) is 9.25. The van der Waals surface area contributed by atoms with Gasteiger partial charge < -0.3 is 10.5 Å². The van der Waals surface area contributed by atoms with Gasteiger partial charge in [-0.1, -0.05) is 6.07 Å². The lowest BCUT2D eigenvalue weighted by Crippen LogP contribution is -2.01. The van der Waals surface area contributed by atoms with Gasteiger partial charge in [0, 0.05) is 30.3 Å². The van der Waals surface area contributed by atoms with Crippen LogP contribution in [0.5, 0.6) is 0 Å². The average Bonchev–Trinajstić information content (AvgIpc) is 2.42. The van der Waals surface area contributed by atoms with Gasteiger partial charge in [0.25, 0.3) is 0 Å².